The molecule has 0 bridgehead atoms. The third-order valence-electron chi connectivity index (χ3n) is 2.98. The van der Waals surface area contributed by atoms with Crippen molar-refractivity contribution in [3.05, 3.63) is 27.1 Å². The summed E-state index contributed by atoms with van der Waals surface area (Å²) in [5.41, 5.74) is 0.795. The van der Waals surface area contributed by atoms with Gasteiger partial charge in [-0.2, -0.15) is 0 Å². The first-order valence-corrected chi connectivity index (χ1v) is 7.30. The predicted molar refractivity (Wildman–Crippen MR) is 79.8 cm³/mol. The highest BCUT2D eigenvalue weighted by atomic mass is 79.9. The number of amides is 1. The molecule has 2 rings (SSSR count). The summed E-state index contributed by atoms with van der Waals surface area (Å²) in [6.45, 7) is 2.34. The normalized spacial score (nSPS) is 15.6. The number of benzene rings is 1. The Bertz CT molecular complexity index is 449. The van der Waals surface area contributed by atoms with Gasteiger partial charge in [-0.25, -0.2) is 0 Å². The van der Waals surface area contributed by atoms with Crippen LogP contribution in [0, 0.1) is 0 Å². The summed E-state index contributed by atoms with van der Waals surface area (Å²) in [7, 11) is 1.97. The van der Waals surface area contributed by atoms with Crippen molar-refractivity contribution in [2.45, 2.75) is 6.04 Å². The van der Waals surface area contributed by atoms with Gasteiger partial charge >= 0.3 is 0 Å². The maximum atomic E-state index is 11.9. The van der Waals surface area contributed by atoms with Gasteiger partial charge in [0.2, 0.25) is 5.91 Å². The molecule has 1 aliphatic rings. The highest BCUT2D eigenvalue weighted by Crippen LogP contribution is 2.26. The molecule has 0 aromatic heterocycles. The van der Waals surface area contributed by atoms with Crippen LogP contribution in [0.3, 0.4) is 0 Å². The molecule has 0 atom stereocenters. The van der Waals surface area contributed by atoms with Crippen molar-refractivity contribution in [3.8, 4) is 0 Å². The topological polar surface area (TPSA) is 44.4 Å². The molecular formula is C12H15Br2N3O. The molecule has 1 saturated heterocycles. The van der Waals surface area contributed by atoms with E-state index in [1.807, 2.05) is 25.2 Å². The quantitative estimate of drug-likeness (QED) is 0.845. The van der Waals surface area contributed by atoms with Crippen LogP contribution in [0.5, 0.6) is 0 Å². The number of carbonyl (C=O) groups is 1. The first-order valence-electron chi connectivity index (χ1n) is 5.72. The summed E-state index contributed by atoms with van der Waals surface area (Å²) in [6.07, 6.45) is 0. The predicted octanol–water partition coefficient (Wildman–Crippen LogP) is 2.05. The number of halogens is 2. The maximum Gasteiger partial charge on any atom is 0.238 e. The Hall–Kier alpha value is -0.430. The molecule has 18 heavy (non-hydrogen) atoms. The number of hydrogen-bond donors (Lipinski definition) is 2. The number of likely N-dealkylation sites (N-methyl/N-ethyl adjacent to an activating group) is 1. The monoisotopic (exact) mass is 375 g/mol. The fourth-order valence-electron chi connectivity index (χ4n) is 1.72. The van der Waals surface area contributed by atoms with Crippen molar-refractivity contribution >= 4 is 43.5 Å². The molecule has 4 nitrogen and oxygen atoms in total. The standard InChI is InChI=1S/C12H15Br2N3O/c1-17(9-5-15-6-9)7-12(18)16-11-3-2-8(13)4-10(11)14/h2-4,9,15H,5-7H2,1H3,(H,16,18). The van der Waals surface area contributed by atoms with Gasteiger partial charge in [-0.3, -0.25) is 9.69 Å². The zero-order chi connectivity index (χ0) is 13.1. The van der Waals surface area contributed by atoms with E-state index in [4.69, 9.17) is 0 Å². The Morgan fingerprint density at radius 1 is 1.50 bits per heavy atom. The van der Waals surface area contributed by atoms with Crippen molar-refractivity contribution in [1.82, 2.24) is 10.2 Å². The van der Waals surface area contributed by atoms with Crippen molar-refractivity contribution < 1.29 is 4.79 Å². The van der Waals surface area contributed by atoms with E-state index in [1.165, 1.54) is 0 Å². The van der Waals surface area contributed by atoms with Gasteiger partial charge in [-0.15, -0.1) is 0 Å². The molecule has 0 saturated carbocycles. The van der Waals surface area contributed by atoms with Crippen LogP contribution in [0.15, 0.2) is 27.1 Å². The Kier molecular flexibility index (Phi) is 4.77. The molecule has 0 radical (unpaired) electrons. The van der Waals surface area contributed by atoms with Crippen LogP contribution < -0.4 is 10.6 Å². The van der Waals surface area contributed by atoms with Crippen LogP contribution in [-0.4, -0.2) is 43.5 Å². The maximum absolute atomic E-state index is 11.9. The number of hydrogen-bond acceptors (Lipinski definition) is 3. The van der Waals surface area contributed by atoms with Crippen molar-refractivity contribution in [2.24, 2.45) is 0 Å². The van der Waals surface area contributed by atoms with Gasteiger partial charge in [-0.05, 0) is 41.2 Å². The minimum atomic E-state index is 0.00687. The number of carbonyl (C=O) groups excluding carboxylic acids is 1. The lowest BCUT2D eigenvalue weighted by atomic mass is 10.1. The molecule has 98 valence electrons. The fraction of sp³-hybridized carbons (Fsp3) is 0.417. The lowest BCUT2D eigenvalue weighted by Gasteiger charge is -2.35. The van der Waals surface area contributed by atoms with E-state index < -0.39 is 0 Å². The first kappa shape index (κ1) is 14.0. The van der Waals surface area contributed by atoms with Gasteiger partial charge < -0.3 is 10.6 Å². The molecule has 6 heteroatoms. The third kappa shape index (κ3) is 3.54. The zero-order valence-corrected chi connectivity index (χ0v) is 13.2. The lowest BCUT2D eigenvalue weighted by molar-refractivity contribution is -0.117. The molecule has 2 N–H and O–H groups in total. The smallest absolute Gasteiger partial charge is 0.238 e. The van der Waals surface area contributed by atoms with Crippen LogP contribution in [0.25, 0.3) is 0 Å². The second-order valence-corrected chi connectivity index (χ2v) is 6.17. The van der Waals surface area contributed by atoms with Crippen molar-refractivity contribution in [2.75, 3.05) is 32.0 Å². The summed E-state index contributed by atoms with van der Waals surface area (Å²) >= 11 is 6.81. The van der Waals surface area contributed by atoms with E-state index in [1.54, 1.807) is 0 Å². The molecule has 0 unspecified atom stereocenters. The van der Waals surface area contributed by atoms with E-state index in [0.717, 1.165) is 27.7 Å². The van der Waals surface area contributed by atoms with Crippen molar-refractivity contribution in [1.29, 1.82) is 0 Å². The third-order valence-corrected chi connectivity index (χ3v) is 4.13. The van der Waals surface area contributed by atoms with Gasteiger partial charge in [0, 0.05) is 28.1 Å². The number of nitrogens with zero attached hydrogens (tertiary/aromatic N) is 1. The van der Waals surface area contributed by atoms with E-state index in [2.05, 4.69) is 47.4 Å². The second kappa shape index (κ2) is 6.14. The van der Waals surface area contributed by atoms with Crippen LogP contribution in [0.4, 0.5) is 5.69 Å². The van der Waals surface area contributed by atoms with E-state index in [-0.39, 0.29) is 5.91 Å². The molecule has 1 amide bonds. The van der Waals surface area contributed by atoms with Gasteiger partial charge in [0.1, 0.15) is 0 Å². The van der Waals surface area contributed by atoms with Crippen LogP contribution in [-0.2, 0) is 4.79 Å². The zero-order valence-electron chi connectivity index (χ0n) is 10.0. The summed E-state index contributed by atoms with van der Waals surface area (Å²) in [4.78, 5) is 14.0. The average Bonchev–Trinajstić information content (AvgIpc) is 2.19. The van der Waals surface area contributed by atoms with Gasteiger partial charge in [-0.1, -0.05) is 15.9 Å². The van der Waals surface area contributed by atoms with Crippen LogP contribution >= 0.6 is 31.9 Å². The molecule has 1 heterocycles. The van der Waals surface area contributed by atoms with E-state index in [9.17, 15) is 4.79 Å². The highest BCUT2D eigenvalue weighted by Gasteiger charge is 2.22. The van der Waals surface area contributed by atoms with E-state index >= 15 is 0 Å². The summed E-state index contributed by atoms with van der Waals surface area (Å²) < 4.78 is 1.85. The first-order chi connectivity index (χ1) is 8.56. The molecule has 1 fully saturated rings. The number of rotatable bonds is 4. The van der Waals surface area contributed by atoms with Crippen LogP contribution in [0.2, 0.25) is 0 Å². The average molecular weight is 377 g/mol. The molecule has 1 aromatic rings. The Balaban J connectivity index is 1.90. The summed E-state index contributed by atoms with van der Waals surface area (Å²) in [6, 6.07) is 6.16. The lowest BCUT2D eigenvalue weighted by Crippen LogP contribution is -2.57. The van der Waals surface area contributed by atoms with Crippen molar-refractivity contribution in [3.63, 3.8) is 0 Å². The number of anilines is 1. The highest BCUT2D eigenvalue weighted by molar-refractivity contribution is 9.11. The SMILES string of the molecule is CN(CC(=O)Nc1ccc(Br)cc1Br)C1CNC1. The second-order valence-electron chi connectivity index (χ2n) is 4.40. The molecule has 0 spiro atoms. The molecular weight excluding hydrogens is 362 g/mol. The number of nitrogens with one attached hydrogen (secondary N) is 2. The Morgan fingerprint density at radius 3 is 2.78 bits per heavy atom. The van der Waals surface area contributed by atoms with Gasteiger partial charge in [0.05, 0.1) is 12.2 Å². The Morgan fingerprint density at radius 2 is 2.22 bits per heavy atom. The van der Waals surface area contributed by atoms with Gasteiger partial charge in [0.15, 0.2) is 0 Å². The molecule has 1 aromatic carbocycles. The summed E-state index contributed by atoms with van der Waals surface area (Å²) in [5.74, 6) is 0.00687. The minimum Gasteiger partial charge on any atom is -0.324 e. The largest absolute Gasteiger partial charge is 0.324 e. The molecule has 0 aliphatic carbocycles. The fourth-order valence-corrected chi connectivity index (χ4v) is 2.87. The van der Waals surface area contributed by atoms with Gasteiger partial charge in [0.25, 0.3) is 0 Å². The Labute approximate surface area is 123 Å². The molecule has 1 aliphatic heterocycles. The van der Waals surface area contributed by atoms with Crippen LogP contribution in [0.1, 0.15) is 0 Å². The van der Waals surface area contributed by atoms with E-state index in [0.29, 0.717) is 12.6 Å². The minimum absolute atomic E-state index is 0.00687. The summed E-state index contributed by atoms with van der Waals surface area (Å²) in [5, 5.41) is 6.10.